The topological polar surface area (TPSA) is 69.0 Å². The molecule has 2 atom stereocenters. The monoisotopic (exact) mass is 263 g/mol. The van der Waals surface area contributed by atoms with Crippen LogP contribution in [-0.4, -0.2) is 22.6 Å². The molecule has 1 saturated carbocycles. The average Bonchev–Trinajstić information content (AvgIpc) is 2.47. The fourth-order valence-electron chi connectivity index (χ4n) is 4.36. The number of nitrogens with one attached hydrogen (secondary N) is 2. The van der Waals surface area contributed by atoms with E-state index in [1.54, 1.807) is 6.20 Å². The van der Waals surface area contributed by atoms with Crippen molar-refractivity contribution in [3.05, 3.63) is 27.0 Å². The third-order valence-electron chi connectivity index (χ3n) is 4.52. The standard InChI is InChI=1S/C14H21N3O2/c1-13(2)4-9-5-14(3,7-13)8-17(9)10-6-15-12(19)16-11(10)18/h6,9H,4-5,7-8H2,1-3H3,(H2,15,16,18,19)/t9-,14-/m1/s1. The summed E-state index contributed by atoms with van der Waals surface area (Å²) in [6.45, 7) is 7.81. The molecule has 0 aromatic carbocycles. The second-order valence-corrected chi connectivity index (χ2v) is 7.30. The zero-order chi connectivity index (χ0) is 13.8. The predicted octanol–water partition coefficient (Wildman–Crippen LogP) is 1.47. The van der Waals surface area contributed by atoms with Gasteiger partial charge in [-0.25, -0.2) is 4.79 Å². The van der Waals surface area contributed by atoms with Crippen molar-refractivity contribution in [3.8, 4) is 0 Å². The number of aromatic amines is 2. The van der Waals surface area contributed by atoms with Crippen molar-refractivity contribution in [1.29, 1.82) is 0 Å². The lowest BCUT2D eigenvalue weighted by atomic mass is 9.65. The molecule has 1 aliphatic heterocycles. The van der Waals surface area contributed by atoms with Gasteiger partial charge in [0.15, 0.2) is 0 Å². The molecule has 1 saturated heterocycles. The number of aromatic nitrogens is 2. The maximum absolute atomic E-state index is 12.0. The lowest BCUT2D eigenvalue weighted by Gasteiger charge is -2.39. The molecule has 2 heterocycles. The Morgan fingerprint density at radius 2 is 2.00 bits per heavy atom. The van der Waals surface area contributed by atoms with E-state index < -0.39 is 5.69 Å². The molecular formula is C14H21N3O2. The van der Waals surface area contributed by atoms with Crippen LogP contribution in [0, 0.1) is 10.8 Å². The Bertz CT molecular complexity index is 616. The Morgan fingerprint density at radius 3 is 2.68 bits per heavy atom. The van der Waals surface area contributed by atoms with Crippen molar-refractivity contribution in [3.63, 3.8) is 0 Å². The van der Waals surface area contributed by atoms with E-state index >= 15 is 0 Å². The Kier molecular flexibility index (Phi) is 2.46. The first kappa shape index (κ1) is 12.5. The highest BCUT2D eigenvalue weighted by atomic mass is 16.2. The van der Waals surface area contributed by atoms with E-state index in [4.69, 9.17) is 0 Å². The quantitative estimate of drug-likeness (QED) is 0.806. The average molecular weight is 263 g/mol. The molecule has 1 aromatic heterocycles. The van der Waals surface area contributed by atoms with Gasteiger partial charge in [-0.1, -0.05) is 20.8 Å². The molecule has 19 heavy (non-hydrogen) atoms. The second-order valence-electron chi connectivity index (χ2n) is 7.30. The van der Waals surface area contributed by atoms with Crippen LogP contribution in [0.1, 0.15) is 40.0 Å². The highest BCUT2D eigenvalue weighted by Crippen LogP contribution is 2.52. The Morgan fingerprint density at radius 1 is 1.26 bits per heavy atom. The molecule has 2 aliphatic rings. The van der Waals surface area contributed by atoms with Crippen LogP contribution in [0.25, 0.3) is 0 Å². The number of fused-ring (bicyclic) bond motifs is 2. The van der Waals surface area contributed by atoms with Gasteiger partial charge in [0.2, 0.25) is 0 Å². The van der Waals surface area contributed by atoms with Gasteiger partial charge in [0, 0.05) is 18.8 Å². The second kappa shape index (κ2) is 3.74. The van der Waals surface area contributed by atoms with Crippen molar-refractivity contribution >= 4 is 5.69 Å². The van der Waals surface area contributed by atoms with Crippen LogP contribution in [0.5, 0.6) is 0 Å². The SMILES string of the molecule is CC1(C)C[C@@H]2C[C@@](C)(CN2c2c[nH]c(=O)[nH]c2=O)C1. The summed E-state index contributed by atoms with van der Waals surface area (Å²) in [5.74, 6) is 0. The number of H-pyrrole nitrogens is 2. The summed E-state index contributed by atoms with van der Waals surface area (Å²) < 4.78 is 0. The largest absolute Gasteiger partial charge is 0.362 e. The van der Waals surface area contributed by atoms with Crippen LogP contribution in [0.2, 0.25) is 0 Å². The minimum atomic E-state index is -0.442. The molecule has 3 rings (SSSR count). The third-order valence-corrected chi connectivity index (χ3v) is 4.52. The predicted molar refractivity (Wildman–Crippen MR) is 74.6 cm³/mol. The lowest BCUT2D eigenvalue weighted by molar-refractivity contribution is 0.136. The highest BCUT2D eigenvalue weighted by Gasteiger charge is 2.50. The fourth-order valence-corrected chi connectivity index (χ4v) is 4.36. The van der Waals surface area contributed by atoms with E-state index in [-0.39, 0.29) is 11.0 Å². The molecule has 2 fully saturated rings. The highest BCUT2D eigenvalue weighted by molar-refractivity contribution is 5.46. The van der Waals surface area contributed by atoms with E-state index in [1.807, 2.05) is 0 Å². The maximum atomic E-state index is 12.0. The van der Waals surface area contributed by atoms with Crippen molar-refractivity contribution < 1.29 is 0 Å². The molecule has 2 N–H and O–H groups in total. The smallest absolute Gasteiger partial charge is 0.325 e. The molecule has 1 aliphatic carbocycles. The minimum Gasteiger partial charge on any atom is -0.362 e. The number of rotatable bonds is 1. The van der Waals surface area contributed by atoms with Gasteiger partial charge in [0.05, 0.1) is 0 Å². The van der Waals surface area contributed by atoms with Gasteiger partial charge in [-0.15, -0.1) is 0 Å². The summed E-state index contributed by atoms with van der Waals surface area (Å²) in [6.07, 6.45) is 4.97. The summed E-state index contributed by atoms with van der Waals surface area (Å²) in [6, 6.07) is 0.403. The zero-order valence-corrected chi connectivity index (χ0v) is 11.7. The van der Waals surface area contributed by atoms with Gasteiger partial charge in [-0.2, -0.15) is 0 Å². The number of nitrogens with zero attached hydrogens (tertiary/aromatic N) is 1. The number of hydrogen-bond donors (Lipinski definition) is 2. The van der Waals surface area contributed by atoms with Gasteiger partial charge in [-0.05, 0) is 30.1 Å². The zero-order valence-electron chi connectivity index (χ0n) is 11.7. The molecule has 104 valence electrons. The van der Waals surface area contributed by atoms with E-state index in [1.165, 1.54) is 6.42 Å². The van der Waals surface area contributed by atoms with E-state index in [9.17, 15) is 9.59 Å². The molecule has 0 radical (unpaired) electrons. The fraction of sp³-hybridized carbons (Fsp3) is 0.714. The van der Waals surface area contributed by atoms with Crippen molar-refractivity contribution in [2.24, 2.45) is 10.8 Å². The van der Waals surface area contributed by atoms with Gasteiger partial charge in [0.1, 0.15) is 5.69 Å². The summed E-state index contributed by atoms with van der Waals surface area (Å²) in [5, 5.41) is 0. The van der Waals surface area contributed by atoms with Gasteiger partial charge >= 0.3 is 5.69 Å². The summed E-state index contributed by atoms with van der Waals surface area (Å²) >= 11 is 0. The Balaban J connectivity index is 2.00. The number of hydrogen-bond acceptors (Lipinski definition) is 3. The molecular weight excluding hydrogens is 242 g/mol. The summed E-state index contributed by atoms with van der Waals surface area (Å²) in [5.41, 5.74) is 0.474. The summed E-state index contributed by atoms with van der Waals surface area (Å²) in [7, 11) is 0. The molecule has 2 bridgehead atoms. The van der Waals surface area contributed by atoms with Gasteiger partial charge in [-0.3, -0.25) is 9.78 Å². The van der Waals surface area contributed by atoms with Crippen LogP contribution < -0.4 is 16.1 Å². The molecule has 0 spiro atoms. The molecule has 1 aromatic rings. The van der Waals surface area contributed by atoms with Gasteiger partial charge in [0.25, 0.3) is 5.56 Å². The summed E-state index contributed by atoms with van der Waals surface area (Å²) in [4.78, 5) is 30.2. The minimum absolute atomic E-state index is 0.273. The molecule has 0 unspecified atom stereocenters. The number of anilines is 1. The van der Waals surface area contributed by atoms with E-state index in [0.29, 0.717) is 17.1 Å². The first-order valence-electron chi connectivity index (χ1n) is 6.87. The van der Waals surface area contributed by atoms with Gasteiger partial charge < -0.3 is 9.88 Å². The molecule has 5 nitrogen and oxygen atoms in total. The molecule has 5 heteroatoms. The van der Waals surface area contributed by atoms with Crippen LogP contribution in [0.4, 0.5) is 5.69 Å². The lowest BCUT2D eigenvalue weighted by Crippen LogP contribution is -2.37. The maximum Gasteiger partial charge on any atom is 0.325 e. The van der Waals surface area contributed by atoms with Crippen molar-refractivity contribution in [2.45, 2.75) is 46.1 Å². The first-order valence-corrected chi connectivity index (χ1v) is 6.87. The molecule has 0 amide bonds. The van der Waals surface area contributed by atoms with Crippen molar-refractivity contribution in [1.82, 2.24) is 9.97 Å². The van der Waals surface area contributed by atoms with Crippen LogP contribution in [-0.2, 0) is 0 Å². The Labute approximate surface area is 112 Å². The van der Waals surface area contributed by atoms with Crippen LogP contribution in [0.15, 0.2) is 15.8 Å². The third kappa shape index (κ3) is 2.11. The van der Waals surface area contributed by atoms with E-state index in [0.717, 1.165) is 19.4 Å². The van der Waals surface area contributed by atoms with Crippen LogP contribution >= 0.6 is 0 Å². The normalized spacial score (nSPS) is 32.6. The van der Waals surface area contributed by atoms with E-state index in [2.05, 4.69) is 35.6 Å². The van der Waals surface area contributed by atoms with Crippen LogP contribution in [0.3, 0.4) is 0 Å². The Hall–Kier alpha value is -1.52. The first-order chi connectivity index (χ1) is 8.78. The van der Waals surface area contributed by atoms with Crippen molar-refractivity contribution in [2.75, 3.05) is 11.4 Å².